The van der Waals surface area contributed by atoms with Crippen molar-refractivity contribution in [1.82, 2.24) is 19.7 Å². The van der Waals surface area contributed by atoms with Gasteiger partial charge in [-0.1, -0.05) is 6.92 Å². The Morgan fingerprint density at radius 2 is 2.25 bits per heavy atom. The van der Waals surface area contributed by atoms with Gasteiger partial charge in [0.05, 0.1) is 16.2 Å². The van der Waals surface area contributed by atoms with Gasteiger partial charge in [-0.3, -0.25) is 4.68 Å². The Bertz CT molecular complexity index is 494. The third kappa shape index (κ3) is 2.21. The molecule has 0 bridgehead atoms. The van der Waals surface area contributed by atoms with Crippen molar-refractivity contribution in [3.63, 3.8) is 0 Å². The zero-order valence-corrected chi connectivity index (χ0v) is 10.5. The summed E-state index contributed by atoms with van der Waals surface area (Å²) < 4.78 is 2.58. The molecular formula is C10H12BrN5. The summed E-state index contributed by atoms with van der Waals surface area (Å²) in [4.78, 5) is 8.37. The van der Waals surface area contributed by atoms with Crippen LogP contribution in [-0.4, -0.2) is 19.7 Å². The summed E-state index contributed by atoms with van der Waals surface area (Å²) >= 11 is 3.26. The number of hydrogen-bond donors (Lipinski definition) is 1. The van der Waals surface area contributed by atoms with Gasteiger partial charge in [0.15, 0.2) is 5.82 Å². The standard InChI is InChI=1S/C10H12BrN5/c1-2-3-16-6-7(4-14-16)10-13-5-8(11)9(12)15-10/h4-6H,2-3H2,1H3,(H2,12,13,15). The van der Waals surface area contributed by atoms with E-state index in [9.17, 15) is 0 Å². The minimum Gasteiger partial charge on any atom is -0.383 e. The second-order valence-electron chi connectivity index (χ2n) is 3.42. The van der Waals surface area contributed by atoms with Gasteiger partial charge in [-0.2, -0.15) is 5.10 Å². The van der Waals surface area contributed by atoms with Crippen molar-refractivity contribution in [1.29, 1.82) is 0 Å². The van der Waals surface area contributed by atoms with E-state index < -0.39 is 0 Å². The molecule has 0 amide bonds. The topological polar surface area (TPSA) is 69.6 Å². The van der Waals surface area contributed by atoms with Crippen LogP contribution in [0.25, 0.3) is 11.4 Å². The summed E-state index contributed by atoms with van der Waals surface area (Å²) in [6.45, 7) is 3.00. The Kier molecular flexibility index (Phi) is 3.19. The van der Waals surface area contributed by atoms with Crippen molar-refractivity contribution in [2.45, 2.75) is 19.9 Å². The van der Waals surface area contributed by atoms with Crippen molar-refractivity contribution in [2.75, 3.05) is 5.73 Å². The zero-order valence-electron chi connectivity index (χ0n) is 8.89. The van der Waals surface area contributed by atoms with E-state index in [0.29, 0.717) is 16.1 Å². The molecule has 2 rings (SSSR count). The molecule has 0 saturated carbocycles. The number of rotatable bonds is 3. The second kappa shape index (κ2) is 4.61. The van der Waals surface area contributed by atoms with E-state index in [1.807, 2.05) is 10.9 Å². The zero-order chi connectivity index (χ0) is 11.5. The van der Waals surface area contributed by atoms with E-state index in [4.69, 9.17) is 5.73 Å². The fraction of sp³-hybridized carbons (Fsp3) is 0.300. The van der Waals surface area contributed by atoms with Gasteiger partial charge in [0.25, 0.3) is 0 Å². The SMILES string of the molecule is CCCn1cc(-c2ncc(Br)c(N)n2)cn1. The Labute approximate surface area is 102 Å². The molecule has 0 spiro atoms. The molecule has 0 aromatic carbocycles. The van der Waals surface area contributed by atoms with Crippen LogP contribution in [-0.2, 0) is 6.54 Å². The Hall–Kier alpha value is -1.43. The Balaban J connectivity index is 2.31. The van der Waals surface area contributed by atoms with Gasteiger partial charge in [0, 0.05) is 18.9 Å². The van der Waals surface area contributed by atoms with Crippen molar-refractivity contribution in [2.24, 2.45) is 0 Å². The van der Waals surface area contributed by atoms with Gasteiger partial charge in [0.2, 0.25) is 0 Å². The number of aryl methyl sites for hydroxylation is 1. The minimum absolute atomic E-state index is 0.438. The minimum atomic E-state index is 0.438. The molecule has 2 aromatic heterocycles. The van der Waals surface area contributed by atoms with E-state index in [-0.39, 0.29) is 0 Å². The van der Waals surface area contributed by atoms with Gasteiger partial charge < -0.3 is 5.73 Å². The maximum atomic E-state index is 5.70. The first-order valence-corrected chi connectivity index (χ1v) is 5.81. The molecule has 84 valence electrons. The van der Waals surface area contributed by atoms with Crippen LogP contribution in [0.1, 0.15) is 13.3 Å². The lowest BCUT2D eigenvalue weighted by Crippen LogP contribution is -1.97. The van der Waals surface area contributed by atoms with Crippen LogP contribution in [0.4, 0.5) is 5.82 Å². The summed E-state index contributed by atoms with van der Waals surface area (Å²) in [7, 11) is 0. The first-order chi connectivity index (χ1) is 7.70. The average Bonchev–Trinajstić information content (AvgIpc) is 2.71. The van der Waals surface area contributed by atoms with Crippen LogP contribution in [0, 0.1) is 0 Å². The highest BCUT2D eigenvalue weighted by atomic mass is 79.9. The van der Waals surface area contributed by atoms with E-state index in [0.717, 1.165) is 18.5 Å². The van der Waals surface area contributed by atoms with Crippen molar-refractivity contribution < 1.29 is 0 Å². The number of nitrogen functional groups attached to an aromatic ring is 1. The molecule has 2 heterocycles. The Morgan fingerprint density at radius 3 is 2.94 bits per heavy atom. The van der Waals surface area contributed by atoms with Gasteiger partial charge in [-0.15, -0.1) is 0 Å². The molecule has 5 nitrogen and oxygen atoms in total. The molecule has 0 unspecified atom stereocenters. The molecule has 2 N–H and O–H groups in total. The number of halogens is 1. The number of nitrogens with two attached hydrogens (primary N) is 1. The summed E-state index contributed by atoms with van der Waals surface area (Å²) in [6.07, 6.45) is 6.36. The molecule has 2 aromatic rings. The van der Waals surface area contributed by atoms with Crippen molar-refractivity contribution in [3.05, 3.63) is 23.1 Å². The highest BCUT2D eigenvalue weighted by molar-refractivity contribution is 9.10. The number of aromatic nitrogens is 4. The van der Waals surface area contributed by atoms with Crippen molar-refractivity contribution >= 4 is 21.7 Å². The predicted molar refractivity (Wildman–Crippen MR) is 65.7 cm³/mol. The third-order valence-electron chi connectivity index (χ3n) is 2.12. The average molecular weight is 282 g/mol. The summed E-state index contributed by atoms with van der Waals surface area (Å²) in [5.74, 6) is 1.04. The second-order valence-corrected chi connectivity index (χ2v) is 4.27. The van der Waals surface area contributed by atoms with Gasteiger partial charge in [0.1, 0.15) is 5.82 Å². The molecule has 0 radical (unpaired) electrons. The van der Waals surface area contributed by atoms with Crippen LogP contribution in [0.3, 0.4) is 0 Å². The van der Waals surface area contributed by atoms with Gasteiger partial charge >= 0.3 is 0 Å². The molecule has 0 fully saturated rings. The molecule has 0 aliphatic carbocycles. The molecule has 0 saturated heterocycles. The lowest BCUT2D eigenvalue weighted by molar-refractivity contribution is 0.603. The summed E-state index contributed by atoms with van der Waals surface area (Å²) in [6, 6.07) is 0. The molecule has 6 heteroatoms. The summed E-state index contributed by atoms with van der Waals surface area (Å²) in [5, 5.41) is 4.22. The van der Waals surface area contributed by atoms with E-state index >= 15 is 0 Å². The molecule has 16 heavy (non-hydrogen) atoms. The quantitative estimate of drug-likeness (QED) is 0.935. The molecular weight excluding hydrogens is 270 g/mol. The molecule has 0 aliphatic rings. The number of nitrogens with zero attached hydrogens (tertiary/aromatic N) is 4. The van der Waals surface area contributed by atoms with Crippen LogP contribution in [0.15, 0.2) is 23.1 Å². The molecule has 0 atom stereocenters. The van der Waals surface area contributed by atoms with Gasteiger partial charge in [-0.05, 0) is 22.4 Å². The Morgan fingerprint density at radius 1 is 1.44 bits per heavy atom. The van der Waals surface area contributed by atoms with Crippen LogP contribution < -0.4 is 5.73 Å². The third-order valence-corrected chi connectivity index (χ3v) is 2.73. The van der Waals surface area contributed by atoms with E-state index in [1.54, 1.807) is 12.4 Å². The fourth-order valence-corrected chi connectivity index (χ4v) is 1.54. The van der Waals surface area contributed by atoms with E-state index in [1.165, 1.54) is 0 Å². The fourth-order valence-electron chi connectivity index (χ4n) is 1.35. The first kappa shape index (κ1) is 11.1. The van der Waals surface area contributed by atoms with Crippen LogP contribution in [0.5, 0.6) is 0 Å². The van der Waals surface area contributed by atoms with Crippen LogP contribution >= 0.6 is 15.9 Å². The lowest BCUT2D eigenvalue weighted by atomic mass is 10.3. The maximum Gasteiger partial charge on any atom is 0.164 e. The highest BCUT2D eigenvalue weighted by Crippen LogP contribution is 2.20. The number of hydrogen-bond acceptors (Lipinski definition) is 4. The van der Waals surface area contributed by atoms with Gasteiger partial charge in [-0.25, -0.2) is 9.97 Å². The van der Waals surface area contributed by atoms with Crippen LogP contribution in [0.2, 0.25) is 0 Å². The monoisotopic (exact) mass is 281 g/mol. The normalized spacial score (nSPS) is 10.6. The maximum absolute atomic E-state index is 5.70. The van der Waals surface area contributed by atoms with E-state index in [2.05, 4.69) is 37.9 Å². The predicted octanol–water partition coefficient (Wildman–Crippen LogP) is 2.09. The van der Waals surface area contributed by atoms with Crippen molar-refractivity contribution in [3.8, 4) is 11.4 Å². The highest BCUT2D eigenvalue weighted by Gasteiger charge is 2.06. The summed E-state index contributed by atoms with van der Waals surface area (Å²) in [5.41, 5.74) is 6.58. The molecule has 0 aliphatic heterocycles. The smallest absolute Gasteiger partial charge is 0.164 e. The first-order valence-electron chi connectivity index (χ1n) is 5.01. The lowest BCUT2D eigenvalue weighted by Gasteiger charge is -1.99. The number of anilines is 1. The largest absolute Gasteiger partial charge is 0.383 e.